The van der Waals surface area contributed by atoms with E-state index in [2.05, 4.69) is 151 Å². The van der Waals surface area contributed by atoms with Crippen LogP contribution in [0, 0.1) is 0 Å². The molecule has 296 valence electrons. The molecule has 2 aromatic rings. The summed E-state index contributed by atoms with van der Waals surface area (Å²) in [6.07, 6.45) is 25.9. The number of carbonyl (C=O) groups excluding carboxylic acids is 1. The number of benzene rings is 2. The fourth-order valence-electron chi connectivity index (χ4n) is 8.03. The number of rotatable bonds is 25. The van der Waals surface area contributed by atoms with Gasteiger partial charge in [-0.25, -0.2) is 0 Å². The topological polar surface area (TPSA) is 85.7 Å². The molecule has 2 heterocycles. The predicted octanol–water partition coefficient (Wildman–Crippen LogP) is 8.68. The molecular formula is C47H72N6O. The molecule has 7 nitrogen and oxygen atoms in total. The summed E-state index contributed by atoms with van der Waals surface area (Å²) < 4.78 is 0. The molecule has 54 heavy (non-hydrogen) atoms. The molecule has 1 unspecified atom stereocenters. The van der Waals surface area contributed by atoms with Crippen molar-refractivity contribution in [1.82, 2.24) is 16.0 Å². The molecule has 5 N–H and O–H groups in total. The van der Waals surface area contributed by atoms with Gasteiger partial charge in [-0.3, -0.25) is 4.79 Å². The molecule has 0 aromatic heterocycles. The van der Waals surface area contributed by atoms with Crippen LogP contribution in [-0.2, 0) is 15.6 Å². The fourth-order valence-corrected chi connectivity index (χ4v) is 8.03. The Morgan fingerprint density at radius 3 is 2.09 bits per heavy atom. The van der Waals surface area contributed by atoms with E-state index in [9.17, 15) is 4.79 Å². The summed E-state index contributed by atoms with van der Waals surface area (Å²) >= 11 is 0. The van der Waals surface area contributed by atoms with Gasteiger partial charge in [-0.2, -0.15) is 0 Å². The predicted molar refractivity (Wildman–Crippen MR) is 233 cm³/mol. The van der Waals surface area contributed by atoms with Crippen molar-refractivity contribution in [3.8, 4) is 0 Å². The number of nitrogens with zero attached hydrogens (tertiary/aromatic N) is 2. The van der Waals surface area contributed by atoms with Crippen LogP contribution in [0.3, 0.4) is 0 Å². The first-order valence-corrected chi connectivity index (χ1v) is 21.1. The number of anilines is 2. The molecule has 2 aliphatic rings. The maximum atomic E-state index is 12.5. The van der Waals surface area contributed by atoms with Crippen molar-refractivity contribution in [2.45, 2.75) is 116 Å². The second-order valence-electron chi connectivity index (χ2n) is 16.1. The minimum Gasteiger partial charge on any atom is -0.364 e. The van der Waals surface area contributed by atoms with Crippen LogP contribution in [0.4, 0.5) is 11.4 Å². The van der Waals surface area contributed by atoms with Gasteiger partial charge < -0.3 is 31.5 Å². The Labute approximate surface area is 328 Å². The highest BCUT2D eigenvalue weighted by molar-refractivity contribution is 5.75. The normalized spacial score (nSPS) is 18.1. The summed E-state index contributed by atoms with van der Waals surface area (Å²) in [6, 6.07) is 18.0. The fraction of sp³-hybridized carbons (Fsp3) is 0.553. The van der Waals surface area contributed by atoms with Crippen LogP contribution in [0.15, 0.2) is 96.8 Å². The summed E-state index contributed by atoms with van der Waals surface area (Å²) in [7, 11) is 0. The van der Waals surface area contributed by atoms with Gasteiger partial charge in [0.1, 0.15) is 0 Å². The largest absolute Gasteiger partial charge is 0.364 e. The van der Waals surface area contributed by atoms with Crippen LogP contribution in [0.1, 0.15) is 110 Å². The number of nitrogens with one attached hydrogen (secondary N) is 3. The lowest BCUT2D eigenvalue weighted by atomic mass is 9.80. The van der Waals surface area contributed by atoms with Crippen LogP contribution in [-0.4, -0.2) is 64.3 Å². The van der Waals surface area contributed by atoms with Crippen molar-refractivity contribution < 1.29 is 4.79 Å². The standard InChI is InChI=1S/C47H72N6O/c1-6-7-37-52-41-26-17-15-24-39(41)46(2,3)43(52)28-12-9-8-10-13-29-44-47(4,5)40-25-16-18-27-42(40)53(44)38-21-11-14-30-45(54)51-36-23-35-50-33-20-19-32-49-34-22-31-48/h8-10,12-13,15-18,24-29,44,49-50H,6-7,11,14,19-23,30-38,48H2,1-5H3,(H,51,54)/b10-8+,12-9+,29-13+,43-28+. The van der Waals surface area contributed by atoms with E-state index in [0.29, 0.717) is 6.42 Å². The zero-order valence-corrected chi connectivity index (χ0v) is 34.3. The molecule has 2 aromatic carbocycles. The zero-order valence-electron chi connectivity index (χ0n) is 34.3. The number of hydrogen-bond acceptors (Lipinski definition) is 6. The van der Waals surface area contributed by atoms with E-state index in [1.807, 2.05) is 0 Å². The summed E-state index contributed by atoms with van der Waals surface area (Å²) in [4.78, 5) is 17.6. The number of fused-ring (bicyclic) bond motifs is 2. The summed E-state index contributed by atoms with van der Waals surface area (Å²) in [5, 5.41) is 10.0. The van der Waals surface area contributed by atoms with E-state index < -0.39 is 0 Å². The molecule has 0 saturated heterocycles. The van der Waals surface area contributed by atoms with Gasteiger partial charge in [0.05, 0.1) is 6.04 Å². The monoisotopic (exact) mass is 737 g/mol. The van der Waals surface area contributed by atoms with Gasteiger partial charge in [0, 0.05) is 54.0 Å². The van der Waals surface area contributed by atoms with Gasteiger partial charge in [-0.05, 0) is 107 Å². The smallest absolute Gasteiger partial charge is 0.219 e. The maximum absolute atomic E-state index is 12.5. The van der Waals surface area contributed by atoms with Crippen molar-refractivity contribution in [2.24, 2.45) is 5.73 Å². The molecule has 0 saturated carbocycles. The minimum atomic E-state index is -0.0163. The van der Waals surface area contributed by atoms with Gasteiger partial charge in [-0.1, -0.05) is 120 Å². The molecule has 1 amide bonds. The SMILES string of the molecule is CCCCN1/C(=C/C=C/C=C/C=C/C2N(CCCCCC(=O)NCCCNCCCCNCCCN)c3ccccc3C2(C)C)C(C)(C)c2ccccc21. The Morgan fingerprint density at radius 2 is 1.35 bits per heavy atom. The molecule has 0 radical (unpaired) electrons. The number of allylic oxidation sites excluding steroid dienone is 7. The highest BCUT2D eigenvalue weighted by Gasteiger charge is 2.42. The van der Waals surface area contributed by atoms with E-state index in [4.69, 9.17) is 5.73 Å². The average molecular weight is 737 g/mol. The Balaban J connectivity index is 1.20. The third-order valence-corrected chi connectivity index (χ3v) is 11.2. The molecule has 4 rings (SSSR count). The molecule has 0 aliphatic carbocycles. The van der Waals surface area contributed by atoms with Gasteiger partial charge >= 0.3 is 0 Å². The van der Waals surface area contributed by atoms with Crippen molar-refractivity contribution >= 4 is 17.3 Å². The van der Waals surface area contributed by atoms with E-state index >= 15 is 0 Å². The molecule has 1 atom stereocenters. The molecule has 0 spiro atoms. The van der Waals surface area contributed by atoms with Crippen molar-refractivity contribution in [2.75, 3.05) is 62.2 Å². The second kappa shape index (κ2) is 22.7. The van der Waals surface area contributed by atoms with E-state index in [1.54, 1.807) is 0 Å². The lowest BCUT2D eigenvalue weighted by Crippen LogP contribution is -2.40. The number of nitrogens with two attached hydrogens (primary N) is 1. The third-order valence-electron chi connectivity index (χ3n) is 11.2. The summed E-state index contributed by atoms with van der Waals surface area (Å²) in [6.45, 7) is 19.3. The highest BCUT2D eigenvalue weighted by Crippen LogP contribution is 2.48. The Kier molecular flexibility index (Phi) is 18.1. The van der Waals surface area contributed by atoms with Crippen molar-refractivity contribution in [3.05, 3.63) is 108 Å². The average Bonchev–Trinajstić information content (AvgIpc) is 3.51. The van der Waals surface area contributed by atoms with Gasteiger partial charge in [0.2, 0.25) is 5.91 Å². The highest BCUT2D eigenvalue weighted by atomic mass is 16.1. The van der Waals surface area contributed by atoms with E-state index in [-0.39, 0.29) is 22.8 Å². The number of hydrogen-bond donors (Lipinski definition) is 4. The first kappa shape index (κ1) is 43.1. The first-order chi connectivity index (χ1) is 26.2. The number of carbonyl (C=O) groups is 1. The minimum absolute atomic E-state index is 0.00256. The van der Waals surface area contributed by atoms with Crippen LogP contribution < -0.4 is 31.5 Å². The number of unbranched alkanes of at least 4 members (excludes halogenated alkanes) is 4. The molecule has 2 aliphatic heterocycles. The third kappa shape index (κ3) is 12.2. The van der Waals surface area contributed by atoms with Gasteiger partial charge in [0.15, 0.2) is 0 Å². The second-order valence-corrected chi connectivity index (χ2v) is 16.1. The van der Waals surface area contributed by atoms with E-state index in [1.165, 1.54) is 53.9 Å². The van der Waals surface area contributed by atoms with Crippen molar-refractivity contribution in [3.63, 3.8) is 0 Å². The Bertz CT molecular complexity index is 1540. The number of para-hydroxylation sites is 2. The van der Waals surface area contributed by atoms with Crippen LogP contribution in [0.25, 0.3) is 0 Å². The van der Waals surface area contributed by atoms with Gasteiger partial charge in [-0.15, -0.1) is 0 Å². The van der Waals surface area contributed by atoms with Crippen molar-refractivity contribution in [1.29, 1.82) is 0 Å². The molecular weight excluding hydrogens is 665 g/mol. The lowest BCUT2D eigenvalue weighted by molar-refractivity contribution is -0.121. The van der Waals surface area contributed by atoms with Gasteiger partial charge in [0.25, 0.3) is 0 Å². The lowest BCUT2D eigenvalue weighted by Gasteiger charge is -2.32. The maximum Gasteiger partial charge on any atom is 0.219 e. The first-order valence-electron chi connectivity index (χ1n) is 21.1. The molecule has 7 heteroatoms. The number of amides is 1. The zero-order chi connectivity index (χ0) is 38.7. The van der Waals surface area contributed by atoms with Crippen LogP contribution >= 0.6 is 0 Å². The summed E-state index contributed by atoms with van der Waals surface area (Å²) in [5.41, 5.74) is 12.4. The van der Waals surface area contributed by atoms with Crippen LogP contribution in [0.2, 0.25) is 0 Å². The summed E-state index contributed by atoms with van der Waals surface area (Å²) in [5.74, 6) is 0.176. The quantitative estimate of drug-likeness (QED) is 0.0604. The Morgan fingerprint density at radius 1 is 0.704 bits per heavy atom. The Hall–Kier alpha value is -3.65. The molecule has 0 fully saturated rings. The molecule has 0 bridgehead atoms. The van der Waals surface area contributed by atoms with E-state index in [0.717, 1.165) is 84.5 Å². The van der Waals surface area contributed by atoms with Crippen LogP contribution in [0.5, 0.6) is 0 Å².